The Morgan fingerprint density at radius 3 is 2.53 bits per heavy atom. The molecule has 3 N–H and O–H groups in total. The van der Waals surface area contributed by atoms with E-state index >= 15 is 0 Å². The highest BCUT2D eigenvalue weighted by Gasteiger charge is 2.26. The minimum absolute atomic E-state index is 0.191. The third-order valence-electron chi connectivity index (χ3n) is 3.55. The molecule has 15 heavy (non-hydrogen) atoms. The lowest BCUT2D eigenvalue weighted by Crippen LogP contribution is -2.49. The summed E-state index contributed by atoms with van der Waals surface area (Å²) >= 11 is 0. The lowest BCUT2D eigenvalue weighted by Gasteiger charge is -2.29. The Kier molecular flexibility index (Phi) is 5.62. The van der Waals surface area contributed by atoms with Crippen molar-refractivity contribution in [1.82, 2.24) is 5.32 Å². The van der Waals surface area contributed by atoms with E-state index in [4.69, 9.17) is 5.73 Å². The van der Waals surface area contributed by atoms with Gasteiger partial charge in [-0.25, -0.2) is 0 Å². The second-order valence-electron chi connectivity index (χ2n) is 5.40. The fraction of sp³-hybridized carbons (Fsp3) is 1.00. The summed E-state index contributed by atoms with van der Waals surface area (Å²) < 4.78 is 0. The number of unbranched alkanes of at least 4 members (excludes halogenated alkanes) is 3. The van der Waals surface area contributed by atoms with Gasteiger partial charge in [0, 0.05) is 12.1 Å². The first-order valence-electron chi connectivity index (χ1n) is 6.65. The van der Waals surface area contributed by atoms with Gasteiger partial charge in [-0.15, -0.1) is 0 Å². The van der Waals surface area contributed by atoms with Crippen LogP contribution in [0.15, 0.2) is 0 Å². The highest BCUT2D eigenvalue weighted by Crippen LogP contribution is 2.28. The molecule has 0 amide bonds. The maximum atomic E-state index is 5.87. The van der Waals surface area contributed by atoms with E-state index in [0.29, 0.717) is 0 Å². The van der Waals surface area contributed by atoms with Crippen LogP contribution in [0.4, 0.5) is 0 Å². The number of rotatable bonds is 9. The number of nitrogens with one attached hydrogen (secondary N) is 1. The van der Waals surface area contributed by atoms with Crippen LogP contribution in [0.3, 0.4) is 0 Å². The third-order valence-corrected chi connectivity index (χ3v) is 3.55. The fourth-order valence-corrected chi connectivity index (χ4v) is 1.92. The molecular weight excluding hydrogens is 184 g/mol. The first-order chi connectivity index (χ1) is 7.20. The molecule has 2 heteroatoms. The standard InChI is InChI=1S/C13H28N2/c1-3-4-5-6-9-13(2,11-14)15-10-12-7-8-12/h12,15H,3-11,14H2,1-2H3. The zero-order valence-corrected chi connectivity index (χ0v) is 10.5. The van der Waals surface area contributed by atoms with Crippen molar-refractivity contribution >= 4 is 0 Å². The summed E-state index contributed by atoms with van der Waals surface area (Å²) in [6.45, 7) is 6.49. The Labute approximate surface area is 95.0 Å². The van der Waals surface area contributed by atoms with E-state index in [1.807, 2.05) is 0 Å². The smallest absolute Gasteiger partial charge is 0.0275 e. The highest BCUT2D eigenvalue weighted by atomic mass is 15.0. The van der Waals surface area contributed by atoms with Crippen LogP contribution < -0.4 is 11.1 Å². The molecule has 1 fully saturated rings. The molecule has 0 radical (unpaired) electrons. The van der Waals surface area contributed by atoms with Crippen LogP contribution in [0.5, 0.6) is 0 Å². The Balaban J connectivity index is 2.11. The maximum absolute atomic E-state index is 5.87. The molecule has 0 saturated heterocycles. The summed E-state index contributed by atoms with van der Waals surface area (Å²) in [7, 11) is 0. The van der Waals surface area contributed by atoms with Gasteiger partial charge in [0.15, 0.2) is 0 Å². The molecule has 1 rings (SSSR count). The molecule has 1 saturated carbocycles. The predicted molar refractivity (Wildman–Crippen MR) is 66.9 cm³/mol. The zero-order valence-electron chi connectivity index (χ0n) is 10.5. The highest BCUT2D eigenvalue weighted by molar-refractivity contribution is 4.87. The van der Waals surface area contributed by atoms with Gasteiger partial charge in [0.05, 0.1) is 0 Å². The molecule has 90 valence electrons. The van der Waals surface area contributed by atoms with Gasteiger partial charge in [-0.1, -0.05) is 32.6 Å². The van der Waals surface area contributed by atoms with E-state index in [1.165, 1.54) is 51.5 Å². The fourth-order valence-electron chi connectivity index (χ4n) is 1.92. The third kappa shape index (κ3) is 5.53. The average Bonchev–Trinajstić information content (AvgIpc) is 3.06. The molecule has 1 aliphatic carbocycles. The van der Waals surface area contributed by atoms with E-state index < -0.39 is 0 Å². The van der Waals surface area contributed by atoms with Gasteiger partial charge in [-0.05, 0) is 38.6 Å². The van der Waals surface area contributed by atoms with Gasteiger partial charge in [-0.3, -0.25) is 0 Å². The summed E-state index contributed by atoms with van der Waals surface area (Å²) in [6, 6.07) is 0. The average molecular weight is 212 g/mol. The van der Waals surface area contributed by atoms with E-state index in [-0.39, 0.29) is 5.54 Å². The Bertz CT molecular complexity index is 166. The van der Waals surface area contributed by atoms with E-state index in [1.54, 1.807) is 0 Å². The molecule has 1 atom stereocenters. The van der Waals surface area contributed by atoms with E-state index in [9.17, 15) is 0 Å². The van der Waals surface area contributed by atoms with Crippen LogP contribution in [0.1, 0.15) is 58.8 Å². The molecule has 0 spiro atoms. The summed E-state index contributed by atoms with van der Waals surface area (Å²) in [6.07, 6.45) is 9.43. The molecular formula is C13H28N2. The van der Waals surface area contributed by atoms with Gasteiger partial charge in [-0.2, -0.15) is 0 Å². The number of hydrogen-bond acceptors (Lipinski definition) is 2. The Morgan fingerprint density at radius 1 is 1.27 bits per heavy atom. The normalized spacial score (nSPS) is 20.2. The second kappa shape index (κ2) is 6.49. The van der Waals surface area contributed by atoms with Gasteiger partial charge in [0.25, 0.3) is 0 Å². The molecule has 1 unspecified atom stereocenters. The zero-order chi connectivity index (χ0) is 11.1. The van der Waals surface area contributed by atoms with Gasteiger partial charge < -0.3 is 11.1 Å². The van der Waals surface area contributed by atoms with Crippen LogP contribution in [0.25, 0.3) is 0 Å². The lowest BCUT2D eigenvalue weighted by molar-refractivity contribution is 0.322. The van der Waals surface area contributed by atoms with Crippen LogP contribution >= 0.6 is 0 Å². The molecule has 0 aliphatic heterocycles. The van der Waals surface area contributed by atoms with E-state index in [2.05, 4.69) is 19.2 Å². The minimum atomic E-state index is 0.191. The number of nitrogens with two attached hydrogens (primary N) is 1. The largest absolute Gasteiger partial charge is 0.329 e. The summed E-state index contributed by atoms with van der Waals surface area (Å²) in [5.74, 6) is 0.950. The molecule has 0 bridgehead atoms. The molecule has 0 aromatic heterocycles. The molecule has 0 aromatic rings. The second-order valence-corrected chi connectivity index (χ2v) is 5.40. The molecule has 1 aliphatic rings. The van der Waals surface area contributed by atoms with Crippen LogP contribution in [-0.4, -0.2) is 18.6 Å². The Hall–Kier alpha value is -0.0800. The van der Waals surface area contributed by atoms with Gasteiger partial charge >= 0.3 is 0 Å². The molecule has 0 heterocycles. The first kappa shape index (κ1) is 13.0. The SMILES string of the molecule is CCCCCCC(C)(CN)NCC1CC1. The van der Waals surface area contributed by atoms with Crippen molar-refractivity contribution in [3.05, 3.63) is 0 Å². The van der Waals surface area contributed by atoms with Crippen LogP contribution in [0.2, 0.25) is 0 Å². The van der Waals surface area contributed by atoms with Gasteiger partial charge in [0.1, 0.15) is 0 Å². The van der Waals surface area contributed by atoms with Crippen molar-refractivity contribution in [3.8, 4) is 0 Å². The quantitative estimate of drug-likeness (QED) is 0.577. The Morgan fingerprint density at radius 2 is 2.00 bits per heavy atom. The van der Waals surface area contributed by atoms with Crippen molar-refractivity contribution in [3.63, 3.8) is 0 Å². The molecule has 2 nitrogen and oxygen atoms in total. The van der Waals surface area contributed by atoms with E-state index in [0.717, 1.165) is 12.5 Å². The van der Waals surface area contributed by atoms with Gasteiger partial charge in [0.2, 0.25) is 0 Å². The van der Waals surface area contributed by atoms with Crippen molar-refractivity contribution in [2.24, 2.45) is 11.7 Å². The maximum Gasteiger partial charge on any atom is 0.0275 e. The van der Waals surface area contributed by atoms with Crippen molar-refractivity contribution in [1.29, 1.82) is 0 Å². The first-order valence-corrected chi connectivity index (χ1v) is 6.65. The lowest BCUT2D eigenvalue weighted by atomic mass is 9.94. The van der Waals surface area contributed by atoms with Crippen molar-refractivity contribution in [2.75, 3.05) is 13.1 Å². The summed E-state index contributed by atoms with van der Waals surface area (Å²) in [5.41, 5.74) is 6.06. The number of hydrogen-bond donors (Lipinski definition) is 2. The predicted octanol–water partition coefficient (Wildman–Crippen LogP) is 2.67. The van der Waals surface area contributed by atoms with Crippen molar-refractivity contribution < 1.29 is 0 Å². The summed E-state index contributed by atoms with van der Waals surface area (Å²) in [4.78, 5) is 0. The van der Waals surface area contributed by atoms with Crippen LogP contribution in [-0.2, 0) is 0 Å². The molecule has 0 aromatic carbocycles. The topological polar surface area (TPSA) is 38.0 Å². The van der Waals surface area contributed by atoms with Crippen molar-refractivity contribution in [2.45, 2.75) is 64.3 Å². The minimum Gasteiger partial charge on any atom is -0.329 e. The monoisotopic (exact) mass is 212 g/mol. The van der Waals surface area contributed by atoms with Crippen LogP contribution in [0, 0.1) is 5.92 Å². The summed E-state index contributed by atoms with van der Waals surface area (Å²) in [5, 5.41) is 3.66.